The second kappa shape index (κ2) is 3.78. The van der Waals surface area contributed by atoms with Crippen LogP contribution >= 0.6 is 11.8 Å². The summed E-state index contributed by atoms with van der Waals surface area (Å²) in [7, 11) is 0. The van der Waals surface area contributed by atoms with Crippen LogP contribution in [0.2, 0.25) is 0 Å². The molecular formula is C5H12N2S. The van der Waals surface area contributed by atoms with Crippen LogP contribution in [0.3, 0.4) is 0 Å². The zero-order chi connectivity index (χ0) is 6.57. The number of nitrogens with one attached hydrogen (secondary N) is 1. The topological polar surface area (TPSA) is 49.9 Å². The van der Waals surface area contributed by atoms with E-state index >= 15 is 0 Å². The minimum absolute atomic E-state index is 0.194. The van der Waals surface area contributed by atoms with E-state index in [9.17, 15) is 0 Å². The summed E-state index contributed by atoms with van der Waals surface area (Å²) in [5, 5.41) is 7.16. The van der Waals surface area contributed by atoms with Crippen molar-refractivity contribution in [2.24, 2.45) is 5.73 Å². The van der Waals surface area contributed by atoms with Gasteiger partial charge < -0.3 is 5.73 Å². The van der Waals surface area contributed by atoms with Crippen molar-refractivity contribution >= 4 is 17.6 Å². The molecule has 0 saturated carbocycles. The Kier molecular flexibility index (Phi) is 3.69. The van der Waals surface area contributed by atoms with E-state index in [0.29, 0.717) is 0 Å². The van der Waals surface area contributed by atoms with Crippen LogP contribution < -0.4 is 5.73 Å². The number of hydrogen-bond donors (Lipinski definition) is 2. The van der Waals surface area contributed by atoms with Crippen molar-refractivity contribution in [3.05, 3.63) is 0 Å². The van der Waals surface area contributed by atoms with Crippen LogP contribution in [-0.2, 0) is 0 Å². The molecule has 2 nitrogen and oxygen atoms in total. The maximum absolute atomic E-state index is 6.96. The zero-order valence-corrected chi connectivity index (χ0v) is 6.09. The molecule has 0 aliphatic rings. The lowest BCUT2D eigenvalue weighted by Crippen LogP contribution is -2.21. The summed E-state index contributed by atoms with van der Waals surface area (Å²) in [5.74, 6) is 1.30. The molecule has 0 aliphatic heterocycles. The summed E-state index contributed by atoms with van der Waals surface area (Å²) in [6, 6.07) is 0. The van der Waals surface area contributed by atoms with E-state index < -0.39 is 0 Å². The first-order chi connectivity index (χ1) is 3.68. The highest BCUT2D eigenvalue weighted by atomic mass is 32.2. The Balaban J connectivity index is 3.32. The van der Waals surface area contributed by atoms with Gasteiger partial charge in [-0.3, -0.25) is 5.41 Å². The smallest absolute Gasteiger partial charge is 0.104 e. The van der Waals surface area contributed by atoms with E-state index in [0.717, 1.165) is 5.75 Å². The molecule has 0 heterocycles. The minimum Gasteiger partial charge on any atom is -0.387 e. The largest absolute Gasteiger partial charge is 0.387 e. The van der Waals surface area contributed by atoms with Crippen molar-refractivity contribution in [3.8, 4) is 0 Å². The van der Waals surface area contributed by atoms with Crippen LogP contribution in [0.4, 0.5) is 0 Å². The van der Waals surface area contributed by atoms with E-state index in [2.05, 4.69) is 6.92 Å². The zero-order valence-electron chi connectivity index (χ0n) is 5.27. The maximum atomic E-state index is 6.96. The van der Waals surface area contributed by atoms with Gasteiger partial charge in [0.1, 0.15) is 5.84 Å². The Morgan fingerprint density at radius 3 is 2.50 bits per heavy atom. The second-order valence-electron chi connectivity index (χ2n) is 1.55. The van der Waals surface area contributed by atoms with Crippen molar-refractivity contribution in [2.75, 3.05) is 5.75 Å². The average molecular weight is 132 g/mol. The molecule has 0 fully saturated rings. The van der Waals surface area contributed by atoms with Gasteiger partial charge in [-0.2, -0.15) is 11.8 Å². The quantitative estimate of drug-likeness (QED) is 0.445. The molecule has 0 amide bonds. The molecule has 0 radical (unpaired) electrons. The highest BCUT2D eigenvalue weighted by Gasteiger charge is 2.01. The molecule has 0 aromatic carbocycles. The summed E-state index contributed by atoms with van der Waals surface area (Å²) in [5.41, 5.74) is 5.18. The Labute approximate surface area is 54.3 Å². The lowest BCUT2D eigenvalue weighted by Gasteiger charge is -2.04. The fourth-order valence-corrected chi connectivity index (χ4v) is 1.02. The van der Waals surface area contributed by atoms with Gasteiger partial charge in [-0.15, -0.1) is 0 Å². The summed E-state index contributed by atoms with van der Waals surface area (Å²) >= 11 is 1.69. The van der Waals surface area contributed by atoms with Crippen molar-refractivity contribution in [1.29, 1.82) is 5.41 Å². The normalized spacial score (nSPS) is 13.2. The highest BCUT2D eigenvalue weighted by Crippen LogP contribution is 2.07. The first-order valence-corrected chi connectivity index (χ1v) is 3.68. The monoisotopic (exact) mass is 132 g/mol. The van der Waals surface area contributed by atoms with E-state index in [1.807, 2.05) is 6.92 Å². The van der Waals surface area contributed by atoms with Gasteiger partial charge in [0.15, 0.2) is 0 Å². The second-order valence-corrected chi connectivity index (χ2v) is 3.17. The Morgan fingerprint density at radius 2 is 2.38 bits per heavy atom. The SMILES string of the molecule is CCS[C@@H](C)C(=N)N. The molecule has 0 aromatic rings. The van der Waals surface area contributed by atoms with Crippen molar-refractivity contribution in [3.63, 3.8) is 0 Å². The molecule has 8 heavy (non-hydrogen) atoms. The van der Waals surface area contributed by atoms with E-state index in [4.69, 9.17) is 11.1 Å². The molecular weight excluding hydrogens is 120 g/mol. The van der Waals surface area contributed by atoms with Crippen molar-refractivity contribution in [1.82, 2.24) is 0 Å². The molecule has 0 aliphatic carbocycles. The summed E-state index contributed by atoms with van der Waals surface area (Å²) in [6.07, 6.45) is 0. The summed E-state index contributed by atoms with van der Waals surface area (Å²) in [6.45, 7) is 4.00. The molecule has 0 unspecified atom stereocenters. The Morgan fingerprint density at radius 1 is 1.88 bits per heavy atom. The summed E-state index contributed by atoms with van der Waals surface area (Å²) < 4.78 is 0. The standard InChI is InChI=1S/C5H12N2S/c1-3-8-4(2)5(6)7/h4H,3H2,1-2H3,(H3,6,7)/t4-/m0/s1. The fraction of sp³-hybridized carbons (Fsp3) is 0.800. The van der Waals surface area contributed by atoms with Gasteiger partial charge in [-0.05, 0) is 12.7 Å². The van der Waals surface area contributed by atoms with E-state index in [1.54, 1.807) is 11.8 Å². The van der Waals surface area contributed by atoms with Crippen LogP contribution in [0.15, 0.2) is 0 Å². The lowest BCUT2D eigenvalue weighted by atomic mass is 10.4. The maximum Gasteiger partial charge on any atom is 0.104 e. The fourth-order valence-electron chi connectivity index (χ4n) is 0.340. The van der Waals surface area contributed by atoms with Gasteiger partial charge in [0.05, 0.1) is 5.25 Å². The molecule has 0 aromatic heterocycles. The molecule has 0 bridgehead atoms. The molecule has 0 saturated heterocycles. The van der Waals surface area contributed by atoms with Gasteiger partial charge in [0.2, 0.25) is 0 Å². The predicted molar refractivity (Wildman–Crippen MR) is 39.5 cm³/mol. The third-order valence-corrected chi connectivity index (χ3v) is 1.94. The first-order valence-electron chi connectivity index (χ1n) is 2.64. The predicted octanol–water partition coefficient (Wildman–Crippen LogP) is 1.06. The van der Waals surface area contributed by atoms with Gasteiger partial charge in [0, 0.05) is 0 Å². The number of hydrogen-bond acceptors (Lipinski definition) is 2. The molecule has 3 heteroatoms. The molecule has 0 spiro atoms. The number of amidine groups is 1. The molecule has 0 rings (SSSR count). The Bertz CT molecular complexity index is 82.5. The van der Waals surface area contributed by atoms with Gasteiger partial charge in [-0.25, -0.2) is 0 Å². The Hall–Kier alpha value is -0.180. The highest BCUT2D eigenvalue weighted by molar-refractivity contribution is 8.00. The van der Waals surface area contributed by atoms with Crippen LogP contribution in [0, 0.1) is 5.41 Å². The number of nitrogens with two attached hydrogens (primary N) is 1. The van der Waals surface area contributed by atoms with Crippen LogP contribution in [0.1, 0.15) is 13.8 Å². The van der Waals surface area contributed by atoms with Crippen molar-refractivity contribution < 1.29 is 0 Å². The third kappa shape index (κ3) is 2.91. The van der Waals surface area contributed by atoms with Gasteiger partial charge >= 0.3 is 0 Å². The lowest BCUT2D eigenvalue weighted by molar-refractivity contribution is 1.22. The molecule has 48 valence electrons. The minimum atomic E-state index is 0.194. The van der Waals surface area contributed by atoms with E-state index in [-0.39, 0.29) is 11.1 Å². The first kappa shape index (κ1) is 7.82. The van der Waals surface area contributed by atoms with Crippen LogP contribution in [0.25, 0.3) is 0 Å². The van der Waals surface area contributed by atoms with Crippen LogP contribution in [0.5, 0.6) is 0 Å². The average Bonchev–Trinajstić information content (AvgIpc) is 1.67. The third-order valence-electron chi connectivity index (χ3n) is 0.855. The molecule has 3 N–H and O–H groups in total. The van der Waals surface area contributed by atoms with E-state index in [1.165, 1.54) is 0 Å². The molecule has 1 atom stereocenters. The number of rotatable bonds is 3. The van der Waals surface area contributed by atoms with Crippen LogP contribution in [-0.4, -0.2) is 16.8 Å². The van der Waals surface area contributed by atoms with Crippen molar-refractivity contribution in [2.45, 2.75) is 19.1 Å². The summed E-state index contributed by atoms with van der Waals surface area (Å²) in [4.78, 5) is 0. The van der Waals surface area contributed by atoms with Gasteiger partial charge in [-0.1, -0.05) is 6.92 Å². The van der Waals surface area contributed by atoms with Gasteiger partial charge in [0.25, 0.3) is 0 Å². The number of thioether (sulfide) groups is 1.